The van der Waals surface area contributed by atoms with E-state index >= 15 is 0 Å². The van der Waals surface area contributed by atoms with Gasteiger partial charge in [-0.25, -0.2) is 0 Å². The number of fused-ring (bicyclic) bond motifs is 1. The smallest absolute Gasteiger partial charge is 0.254 e. The van der Waals surface area contributed by atoms with Crippen molar-refractivity contribution in [1.82, 2.24) is 20.0 Å². The second-order valence-corrected chi connectivity index (χ2v) is 10.2. The molecule has 0 unspecified atom stereocenters. The monoisotopic (exact) mass is 561 g/mol. The van der Waals surface area contributed by atoms with Crippen LogP contribution in [-0.4, -0.2) is 91.6 Å². The van der Waals surface area contributed by atoms with Crippen LogP contribution < -0.4 is 23.8 Å². The third-order valence-electron chi connectivity index (χ3n) is 7.31. The number of nitrogens with zero attached hydrogens (tertiary/aromatic N) is 5. The first kappa shape index (κ1) is 28.0. The summed E-state index contributed by atoms with van der Waals surface area (Å²) >= 11 is 0. The highest BCUT2D eigenvalue weighted by atomic mass is 16.7. The second kappa shape index (κ2) is 12.3. The highest BCUT2D eigenvalue weighted by molar-refractivity contribution is 5.97. The molecule has 5 rings (SSSR count). The van der Waals surface area contributed by atoms with Gasteiger partial charge >= 0.3 is 0 Å². The third kappa shape index (κ3) is 6.13. The average molecular weight is 562 g/mol. The first-order valence-corrected chi connectivity index (χ1v) is 13.7. The molecule has 1 saturated heterocycles. The summed E-state index contributed by atoms with van der Waals surface area (Å²) in [4.78, 5) is 32.2. The Bertz CT molecular complexity index is 1400. The lowest BCUT2D eigenvalue weighted by Gasteiger charge is -2.29. The Kier molecular flexibility index (Phi) is 8.42. The van der Waals surface area contributed by atoms with Crippen molar-refractivity contribution in [2.45, 2.75) is 26.3 Å². The Morgan fingerprint density at radius 3 is 2.44 bits per heavy atom. The largest absolute Gasteiger partial charge is 0.493 e. The molecule has 216 valence electrons. The first-order valence-electron chi connectivity index (χ1n) is 13.7. The number of aromatic nitrogens is 2. The average Bonchev–Trinajstić information content (AvgIpc) is 3.33. The van der Waals surface area contributed by atoms with E-state index in [2.05, 4.69) is 15.1 Å². The van der Waals surface area contributed by atoms with E-state index in [1.807, 2.05) is 49.1 Å². The van der Waals surface area contributed by atoms with E-state index in [4.69, 9.17) is 18.9 Å². The van der Waals surface area contributed by atoms with Crippen LogP contribution in [0.25, 0.3) is 11.3 Å². The molecule has 2 aliphatic rings. The molecule has 3 aromatic rings. The van der Waals surface area contributed by atoms with Crippen molar-refractivity contribution in [2.24, 2.45) is 0 Å². The van der Waals surface area contributed by atoms with E-state index in [1.54, 1.807) is 37.3 Å². The fraction of sp³-hybridized carbons (Fsp3) is 0.400. The van der Waals surface area contributed by atoms with Crippen molar-refractivity contribution in [3.8, 4) is 34.3 Å². The molecule has 0 atom stereocenters. The van der Waals surface area contributed by atoms with E-state index < -0.39 is 0 Å². The van der Waals surface area contributed by atoms with Crippen LogP contribution in [0.4, 0.5) is 5.82 Å². The van der Waals surface area contributed by atoms with Gasteiger partial charge in [-0.05, 0) is 68.8 Å². The molecule has 0 bridgehead atoms. The molecule has 2 aliphatic heterocycles. The van der Waals surface area contributed by atoms with Crippen molar-refractivity contribution in [3.63, 3.8) is 0 Å². The summed E-state index contributed by atoms with van der Waals surface area (Å²) in [6, 6.07) is 14.5. The molecule has 3 heterocycles. The van der Waals surface area contributed by atoms with Gasteiger partial charge in [-0.3, -0.25) is 9.59 Å². The van der Waals surface area contributed by atoms with Gasteiger partial charge in [0.05, 0.1) is 19.9 Å². The number of hydrogen-bond donors (Lipinski definition) is 0. The summed E-state index contributed by atoms with van der Waals surface area (Å²) in [6.45, 7) is 6.47. The third-order valence-corrected chi connectivity index (χ3v) is 7.31. The van der Waals surface area contributed by atoms with Crippen LogP contribution in [0, 0.1) is 0 Å². The lowest BCUT2D eigenvalue weighted by atomic mass is 10.1. The summed E-state index contributed by atoms with van der Waals surface area (Å²) in [5, 5.41) is 8.91. The molecule has 1 fully saturated rings. The first-order chi connectivity index (χ1) is 19.9. The molecule has 2 amide bonds. The van der Waals surface area contributed by atoms with Crippen molar-refractivity contribution in [3.05, 3.63) is 54.1 Å². The van der Waals surface area contributed by atoms with E-state index in [1.165, 1.54) is 0 Å². The molecular weight excluding hydrogens is 526 g/mol. The van der Waals surface area contributed by atoms with E-state index in [-0.39, 0.29) is 31.2 Å². The Labute approximate surface area is 239 Å². The number of hydrogen-bond acceptors (Lipinski definition) is 9. The quantitative estimate of drug-likeness (QED) is 0.409. The number of rotatable bonds is 8. The van der Waals surface area contributed by atoms with Crippen LogP contribution in [0.1, 0.15) is 30.6 Å². The van der Waals surface area contributed by atoms with Gasteiger partial charge in [-0.1, -0.05) is 0 Å². The highest BCUT2D eigenvalue weighted by Gasteiger charge is 2.27. The zero-order valence-corrected chi connectivity index (χ0v) is 23.8. The van der Waals surface area contributed by atoms with E-state index in [0.717, 1.165) is 30.0 Å². The van der Waals surface area contributed by atoms with Crippen LogP contribution in [0.15, 0.2) is 48.5 Å². The zero-order chi connectivity index (χ0) is 28.9. The maximum absolute atomic E-state index is 13.4. The van der Waals surface area contributed by atoms with Gasteiger partial charge in [0, 0.05) is 43.3 Å². The molecule has 11 nitrogen and oxygen atoms in total. The summed E-state index contributed by atoms with van der Waals surface area (Å²) in [6.07, 6.45) is 0.780. The van der Waals surface area contributed by atoms with E-state index in [9.17, 15) is 9.59 Å². The number of methoxy groups -OCH3 is 2. The Hall–Kier alpha value is -4.54. The normalized spacial score (nSPS) is 14.6. The number of carbonyl (C=O) groups is 2. The van der Waals surface area contributed by atoms with E-state index in [0.29, 0.717) is 48.2 Å². The molecule has 41 heavy (non-hydrogen) atoms. The van der Waals surface area contributed by atoms with Gasteiger partial charge < -0.3 is 33.6 Å². The van der Waals surface area contributed by atoms with Crippen LogP contribution in [0.3, 0.4) is 0 Å². The van der Waals surface area contributed by atoms with Crippen molar-refractivity contribution >= 4 is 17.6 Å². The molecular formula is C30H35N5O6. The number of anilines is 1. The van der Waals surface area contributed by atoms with Crippen molar-refractivity contribution in [1.29, 1.82) is 0 Å². The van der Waals surface area contributed by atoms with Crippen molar-refractivity contribution < 1.29 is 28.5 Å². The topological polar surface area (TPSA) is 107 Å². The molecule has 2 aromatic carbocycles. The standard InChI is InChI=1S/C30H35N5O6/c1-20(2)35(30(37)22-7-10-25-27(17-22)41-19-40-25)18-29(36)34-13-5-12-33(14-15-34)28-11-8-23(31-32-28)21-6-9-24(38-3)26(16-21)39-4/h6-11,16-17,20H,5,12-15,18-19H2,1-4H3. The molecule has 0 saturated carbocycles. The minimum atomic E-state index is -0.215. The summed E-state index contributed by atoms with van der Waals surface area (Å²) in [7, 11) is 3.20. The predicted octanol–water partition coefficient (Wildman–Crippen LogP) is 3.48. The number of ether oxygens (including phenoxy) is 4. The number of benzene rings is 2. The van der Waals surface area contributed by atoms with Crippen LogP contribution in [0.5, 0.6) is 23.0 Å². The number of amides is 2. The Morgan fingerprint density at radius 2 is 1.71 bits per heavy atom. The highest BCUT2D eigenvalue weighted by Crippen LogP contribution is 2.33. The SMILES string of the molecule is COc1ccc(-c2ccc(N3CCCN(C(=O)CN(C(=O)c4ccc5c(c4)OCO5)C(C)C)CC3)nn2)cc1OC. The van der Waals surface area contributed by atoms with Gasteiger partial charge in [0.25, 0.3) is 5.91 Å². The molecule has 0 aliphatic carbocycles. The van der Waals surface area contributed by atoms with Gasteiger partial charge in [0.2, 0.25) is 12.7 Å². The molecule has 11 heteroatoms. The summed E-state index contributed by atoms with van der Waals surface area (Å²) in [5.41, 5.74) is 2.06. The van der Waals surface area contributed by atoms with Crippen LogP contribution >= 0.6 is 0 Å². The van der Waals surface area contributed by atoms with Gasteiger partial charge in [-0.2, -0.15) is 0 Å². The fourth-order valence-corrected chi connectivity index (χ4v) is 4.97. The van der Waals surface area contributed by atoms with Crippen LogP contribution in [-0.2, 0) is 4.79 Å². The minimum Gasteiger partial charge on any atom is -0.493 e. The number of carbonyl (C=O) groups excluding carboxylic acids is 2. The lowest BCUT2D eigenvalue weighted by Crippen LogP contribution is -2.46. The Morgan fingerprint density at radius 1 is 0.902 bits per heavy atom. The Balaban J connectivity index is 1.21. The molecule has 0 N–H and O–H groups in total. The molecule has 0 spiro atoms. The summed E-state index contributed by atoms with van der Waals surface area (Å²) in [5.74, 6) is 2.89. The minimum absolute atomic E-state index is 0.00473. The lowest BCUT2D eigenvalue weighted by molar-refractivity contribution is -0.132. The molecule has 0 radical (unpaired) electrons. The van der Waals surface area contributed by atoms with Gasteiger partial charge in [0.1, 0.15) is 6.54 Å². The van der Waals surface area contributed by atoms with Gasteiger partial charge in [-0.15, -0.1) is 10.2 Å². The second-order valence-electron chi connectivity index (χ2n) is 10.2. The maximum Gasteiger partial charge on any atom is 0.254 e. The predicted molar refractivity (Wildman–Crippen MR) is 153 cm³/mol. The van der Waals surface area contributed by atoms with Gasteiger partial charge in [0.15, 0.2) is 28.8 Å². The molecule has 1 aromatic heterocycles. The summed E-state index contributed by atoms with van der Waals surface area (Å²) < 4.78 is 21.5. The van der Waals surface area contributed by atoms with Crippen molar-refractivity contribution in [2.75, 3.05) is 58.6 Å². The fourth-order valence-electron chi connectivity index (χ4n) is 4.97. The zero-order valence-electron chi connectivity index (χ0n) is 23.8. The maximum atomic E-state index is 13.4. The van der Waals surface area contributed by atoms with Crippen LogP contribution in [0.2, 0.25) is 0 Å².